The number of benzene rings is 1. The minimum atomic E-state index is -0.555. The van der Waals surface area contributed by atoms with Crippen LogP contribution >= 0.6 is 0 Å². The van der Waals surface area contributed by atoms with E-state index in [-0.39, 0.29) is 29.5 Å². The van der Waals surface area contributed by atoms with E-state index < -0.39 is 11.8 Å². The Morgan fingerprint density at radius 2 is 1.74 bits per heavy atom. The van der Waals surface area contributed by atoms with Crippen molar-refractivity contribution in [2.24, 2.45) is 0 Å². The van der Waals surface area contributed by atoms with Crippen LogP contribution in [0, 0.1) is 0 Å². The minimum absolute atomic E-state index is 0.0823. The first-order chi connectivity index (χ1) is 12.9. The van der Waals surface area contributed by atoms with Gasteiger partial charge >= 0.3 is 0 Å². The maximum Gasteiger partial charge on any atom is 0.291 e. The van der Waals surface area contributed by atoms with Gasteiger partial charge in [-0.25, -0.2) is 0 Å². The summed E-state index contributed by atoms with van der Waals surface area (Å²) in [4.78, 5) is 37.9. The molecule has 0 aliphatic carbocycles. The molecule has 2 rings (SSSR count). The van der Waals surface area contributed by atoms with Crippen LogP contribution in [0.5, 0.6) is 11.5 Å². The quantitative estimate of drug-likeness (QED) is 0.756. The van der Waals surface area contributed by atoms with Gasteiger partial charge < -0.3 is 29.4 Å². The molecular weight excluding hydrogens is 354 g/mol. The summed E-state index contributed by atoms with van der Waals surface area (Å²) < 4.78 is 15.5. The molecule has 0 aliphatic heterocycles. The van der Waals surface area contributed by atoms with E-state index in [1.165, 1.54) is 43.6 Å². The van der Waals surface area contributed by atoms with E-state index >= 15 is 0 Å². The summed E-state index contributed by atoms with van der Waals surface area (Å²) in [7, 11) is 6.03. The first kappa shape index (κ1) is 19.8. The van der Waals surface area contributed by atoms with Gasteiger partial charge in [0.25, 0.3) is 11.8 Å². The van der Waals surface area contributed by atoms with Crippen molar-refractivity contribution >= 4 is 23.4 Å². The van der Waals surface area contributed by atoms with Crippen LogP contribution in [-0.2, 0) is 4.79 Å². The molecule has 1 heterocycles. The monoisotopic (exact) mass is 375 g/mol. The van der Waals surface area contributed by atoms with Gasteiger partial charge in [0.2, 0.25) is 5.91 Å². The number of hydrogen-bond acceptors (Lipinski definition) is 6. The molecule has 9 nitrogen and oxygen atoms in total. The lowest BCUT2D eigenvalue weighted by molar-refractivity contribution is -0.127. The molecule has 0 bridgehead atoms. The molecule has 0 spiro atoms. The van der Waals surface area contributed by atoms with Crippen LogP contribution in [0.1, 0.15) is 20.9 Å². The predicted octanol–water partition coefficient (Wildman–Crippen LogP) is 1.37. The number of ether oxygens (including phenoxy) is 2. The molecule has 2 aromatic rings. The highest BCUT2D eigenvalue weighted by atomic mass is 16.5. The second-order valence-corrected chi connectivity index (χ2v) is 5.66. The number of methoxy groups -OCH3 is 2. The van der Waals surface area contributed by atoms with Crippen molar-refractivity contribution in [2.45, 2.75) is 0 Å². The third kappa shape index (κ3) is 4.78. The second kappa shape index (κ2) is 8.75. The summed E-state index contributed by atoms with van der Waals surface area (Å²) >= 11 is 0. The number of rotatable bonds is 7. The van der Waals surface area contributed by atoms with E-state index in [0.29, 0.717) is 11.5 Å². The van der Waals surface area contributed by atoms with Crippen molar-refractivity contribution in [3.63, 3.8) is 0 Å². The van der Waals surface area contributed by atoms with Gasteiger partial charge in [0.15, 0.2) is 17.3 Å². The zero-order valence-corrected chi connectivity index (χ0v) is 15.5. The minimum Gasteiger partial charge on any atom is -0.493 e. The van der Waals surface area contributed by atoms with Crippen LogP contribution in [0.2, 0.25) is 0 Å². The van der Waals surface area contributed by atoms with Crippen molar-refractivity contribution in [3.8, 4) is 11.5 Å². The first-order valence-corrected chi connectivity index (χ1v) is 7.96. The highest BCUT2D eigenvalue weighted by Crippen LogP contribution is 2.33. The summed E-state index contributed by atoms with van der Waals surface area (Å²) in [6.07, 6.45) is 1.37. The zero-order chi connectivity index (χ0) is 20.0. The molecule has 144 valence electrons. The van der Waals surface area contributed by atoms with E-state index in [1.54, 1.807) is 20.2 Å². The Bertz CT molecular complexity index is 830. The second-order valence-electron chi connectivity index (χ2n) is 5.66. The molecule has 0 fully saturated rings. The van der Waals surface area contributed by atoms with E-state index in [1.807, 2.05) is 0 Å². The van der Waals surface area contributed by atoms with Crippen molar-refractivity contribution < 1.29 is 28.3 Å². The van der Waals surface area contributed by atoms with E-state index in [9.17, 15) is 14.4 Å². The highest BCUT2D eigenvalue weighted by molar-refractivity contribution is 6.08. The molecule has 0 atom stereocenters. The van der Waals surface area contributed by atoms with E-state index in [0.717, 1.165) is 0 Å². The fourth-order valence-corrected chi connectivity index (χ4v) is 2.17. The molecule has 2 N–H and O–H groups in total. The summed E-state index contributed by atoms with van der Waals surface area (Å²) in [5.41, 5.74) is 0.294. The number of carbonyl (C=O) groups is 3. The summed E-state index contributed by atoms with van der Waals surface area (Å²) in [6.45, 7) is -0.189. The molecule has 0 aliphatic rings. The molecule has 27 heavy (non-hydrogen) atoms. The molecule has 0 radical (unpaired) electrons. The normalized spacial score (nSPS) is 10.1. The molecule has 0 unspecified atom stereocenters. The fraction of sp³-hybridized carbons (Fsp3) is 0.278. The maximum absolute atomic E-state index is 12.6. The van der Waals surface area contributed by atoms with Crippen LogP contribution in [0.4, 0.5) is 5.69 Å². The highest BCUT2D eigenvalue weighted by Gasteiger charge is 2.20. The van der Waals surface area contributed by atoms with E-state index in [4.69, 9.17) is 13.9 Å². The van der Waals surface area contributed by atoms with Crippen molar-refractivity contribution in [3.05, 3.63) is 41.9 Å². The van der Waals surface area contributed by atoms with Gasteiger partial charge in [-0.2, -0.15) is 0 Å². The predicted molar refractivity (Wildman–Crippen MR) is 97.2 cm³/mol. The summed E-state index contributed by atoms with van der Waals surface area (Å²) in [6, 6.07) is 5.95. The summed E-state index contributed by atoms with van der Waals surface area (Å²) in [5.74, 6) is -0.652. The van der Waals surface area contributed by atoms with Gasteiger partial charge in [0.05, 0.1) is 38.3 Å². The number of amides is 3. The number of furan rings is 1. The van der Waals surface area contributed by atoms with Crippen LogP contribution < -0.4 is 20.1 Å². The Hall–Kier alpha value is -3.49. The fourth-order valence-electron chi connectivity index (χ4n) is 2.17. The first-order valence-electron chi connectivity index (χ1n) is 7.96. The third-order valence-corrected chi connectivity index (χ3v) is 3.66. The Kier molecular flexibility index (Phi) is 6.42. The van der Waals surface area contributed by atoms with Crippen molar-refractivity contribution in [1.29, 1.82) is 0 Å². The molecule has 0 saturated carbocycles. The Morgan fingerprint density at radius 3 is 2.30 bits per heavy atom. The Balaban J connectivity index is 2.33. The number of nitrogens with one attached hydrogen (secondary N) is 2. The van der Waals surface area contributed by atoms with Crippen LogP contribution in [-0.4, -0.2) is 57.5 Å². The lowest BCUT2D eigenvalue weighted by atomic mass is 10.1. The number of nitrogens with zero attached hydrogens (tertiary/aromatic N) is 1. The largest absolute Gasteiger partial charge is 0.493 e. The Morgan fingerprint density at radius 1 is 1.07 bits per heavy atom. The van der Waals surface area contributed by atoms with Gasteiger partial charge in [-0.15, -0.1) is 0 Å². The molecular formula is C18H21N3O6. The zero-order valence-electron chi connectivity index (χ0n) is 15.5. The number of hydrogen-bond donors (Lipinski definition) is 2. The van der Waals surface area contributed by atoms with Crippen molar-refractivity contribution in [2.75, 3.05) is 40.2 Å². The SMILES string of the molecule is COc1cc(NC(=O)c2ccco2)c(C(=O)NCC(=O)N(C)C)cc1OC. The van der Waals surface area contributed by atoms with Gasteiger partial charge in [-0.3, -0.25) is 14.4 Å². The average Bonchev–Trinajstić information content (AvgIpc) is 3.20. The Labute approximate surface area is 156 Å². The van der Waals surface area contributed by atoms with E-state index in [2.05, 4.69) is 10.6 Å². The van der Waals surface area contributed by atoms with Gasteiger partial charge in [0.1, 0.15) is 0 Å². The number of likely N-dealkylation sites (N-methyl/N-ethyl adjacent to an activating group) is 1. The topological polar surface area (TPSA) is 110 Å². The number of carbonyl (C=O) groups excluding carboxylic acids is 3. The molecule has 9 heteroatoms. The lowest BCUT2D eigenvalue weighted by Crippen LogP contribution is -2.36. The smallest absolute Gasteiger partial charge is 0.291 e. The van der Waals surface area contributed by atoms with Gasteiger partial charge in [-0.1, -0.05) is 0 Å². The summed E-state index contributed by atoms with van der Waals surface area (Å²) in [5, 5.41) is 5.12. The lowest BCUT2D eigenvalue weighted by Gasteiger charge is -2.16. The average molecular weight is 375 g/mol. The third-order valence-electron chi connectivity index (χ3n) is 3.66. The van der Waals surface area contributed by atoms with Crippen molar-refractivity contribution in [1.82, 2.24) is 10.2 Å². The standard InChI is InChI=1S/C18H21N3O6/c1-21(2)16(22)10-19-17(23)11-8-14(25-3)15(26-4)9-12(11)20-18(24)13-6-5-7-27-13/h5-9H,10H2,1-4H3,(H,19,23)(H,20,24). The molecule has 1 aromatic heterocycles. The molecule has 3 amide bonds. The van der Waals surface area contributed by atoms with Crippen LogP contribution in [0.15, 0.2) is 34.9 Å². The maximum atomic E-state index is 12.6. The molecule has 0 saturated heterocycles. The number of anilines is 1. The van der Waals surface area contributed by atoms with Crippen LogP contribution in [0.25, 0.3) is 0 Å². The molecule has 1 aromatic carbocycles. The van der Waals surface area contributed by atoms with Gasteiger partial charge in [0, 0.05) is 20.2 Å². The van der Waals surface area contributed by atoms with Crippen LogP contribution in [0.3, 0.4) is 0 Å². The van der Waals surface area contributed by atoms with Gasteiger partial charge in [-0.05, 0) is 18.2 Å².